The van der Waals surface area contributed by atoms with Crippen molar-refractivity contribution in [1.82, 2.24) is 10.2 Å². The quantitative estimate of drug-likeness (QED) is 0.613. The van der Waals surface area contributed by atoms with Gasteiger partial charge in [0.25, 0.3) is 0 Å². The molecule has 6 heteroatoms. The van der Waals surface area contributed by atoms with Crippen molar-refractivity contribution < 1.29 is 14.7 Å². The molecule has 4 N–H and O–H groups in total. The lowest BCUT2D eigenvalue weighted by atomic mass is 10.0. The van der Waals surface area contributed by atoms with Gasteiger partial charge in [0.05, 0.1) is 6.61 Å². The first-order valence-corrected chi connectivity index (χ1v) is 6.26. The molecule has 1 atom stereocenters. The Balaban J connectivity index is 4.83. The summed E-state index contributed by atoms with van der Waals surface area (Å²) in [6.07, 6.45) is 0.524. The van der Waals surface area contributed by atoms with Gasteiger partial charge >= 0.3 is 6.03 Å². The van der Waals surface area contributed by atoms with Gasteiger partial charge in [0, 0.05) is 12.6 Å². The Morgan fingerprint density at radius 3 is 2.17 bits per heavy atom. The van der Waals surface area contributed by atoms with Gasteiger partial charge in [-0.2, -0.15) is 0 Å². The maximum atomic E-state index is 12.3. The fraction of sp³-hybridized carbons (Fsp3) is 0.833. The third kappa shape index (κ3) is 5.86. The minimum absolute atomic E-state index is 0.0333. The highest BCUT2D eigenvalue weighted by Crippen LogP contribution is 2.10. The molecule has 0 aromatic carbocycles. The van der Waals surface area contributed by atoms with Crippen LogP contribution in [0.2, 0.25) is 0 Å². The topological polar surface area (TPSA) is 95.7 Å². The van der Waals surface area contributed by atoms with Crippen LogP contribution in [-0.4, -0.2) is 47.2 Å². The number of hydrogen-bond acceptors (Lipinski definition) is 3. The Labute approximate surface area is 109 Å². The number of carbonyl (C=O) groups excluding carboxylic acids is 2. The highest BCUT2D eigenvalue weighted by atomic mass is 16.3. The molecular weight excluding hydrogens is 234 g/mol. The largest absolute Gasteiger partial charge is 0.395 e. The summed E-state index contributed by atoms with van der Waals surface area (Å²) in [6, 6.07) is -1.37. The van der Waals surface area contributed by atoms with Gasteiger partial charge in [0.15, 0.2) is 0 Å². The molecule has 0 rings (SSSR count). The SMILES string of the molecule is CC(C)CC(NC(N)=O)C(=O)N(CCO)C(C)C. The van der Waals surface area contributed by atoms with Crippen LogP contribution < -0.4 is 11.1 Å². The molecule has 3 amide bonds. The smallest absolute Gasteiger partial charge is 0.312 e. The third-order valence-electron chi connectivity index (χ3n) is 2.57. The maximum absolute atomic E-state index is 12.3. The molecule has 0 radical (unpaired) electrons. The number of amides is 3. The molecule has 0 aromatic rings. The zero-order valence-corrected chi connectivity index (χ0v) is 11.6. The Hall–Kier alpha value is -1.30. The van der Waals surface area contributed by atoms with Crippen LogP contribution in [0.15, 0.2) is 0 Å². The second kappa shape index (κ2) is 7.92. The number of nitrogens with zero attached hydrogens (tertiary/aromatic N) is 1. The second-order valence-electron chi connectivity index (χ2n) is 5.04. The normalized spacial score (nSPS) is 12.6. The lowest BCUT2D eigenvalue weighted by Crippen LogP contribution is -2.53. The molecule has 106 valence electrons. The van der Waals surface area contributed by atoms with Crippen LogP contribution in [0, 0.1) is 5.92 Å². The standard InChI is InChI=1S/C12H25N3O3/c1-8(2)7-10(14-12(13)18)11(17)15(5-6-16)9(3)4/h8-10,16H,5-7H2,1-4H3,(H3,13,14,18). The van der Waals surface area contributed by atoms with E-state index in [-0.39, 0.29) is 31.0 Å². The lowest BCUT2D eigenvalue weighted by molar-refractivity contribution is -0.135. The van der Waals surface area contributed by atoms with Crippen LogP contribution in [-0.2, 0) is 4.79 Å². The van der Waals surface area contributed by atoms with Crippen LogP contribution in [0.1, 0.15) is 34.1 Å². The molecule has 0 saturated carbocycles. The van der Waals surface area contributed by atoms with Crippen molar-refractivity contribution in [2.24, 2.45) is 11.7 Å². The lowest BCUT2D eigenvalue weighted by Gasteiger charge is -2.30. The number of nitrogens with one attached hydrogen (secondary N) is 1. The van der Waals surface area contributed by atoms with Crippen molar-refractivity contribution >= 4 is 11.9 Å². The van der Waals surface area contributed by atoms with E-state index in [1.807, 2.05) is 27.7 Å². The molecule has 0 heterocycles. The molecule has 0 fully saturated rings. The number of primary amides is 1. The maximum Gasteiger partial charge on any atom is 0.312 e. The Bertz CT molecular complexity index is 280. The summed E-state index contributed by atoms with van der Waals surface area (Å²) in [6.45, 7) is 7.82. The van der Waals surface area contributed by atoms with Gasteiger partial charge in [0.1, 0.15) is 6.04 Å². The van der Waals surface area contributed by atoms with E-state index in [1.165, 1.54) is 0 Å². The number of aliphatic hydroxyl groups is 1. The molecule has 0 aliphatic heterocycles. The molecule has 0 bridgehead atoms. The van der Waals surface area contributed by atoms with E-state index in [0.29, 0.717) is 6.42 Å². The first-order valence-electron chi connectivity index (χ1n) is 6.26. The second-order valence-corrected chi connectivity index (χ2v) is 5.04. The summed E-state index contributed by atoms with van der Waals surface area (Å²) in [5, 5.41) is 11.4. The van der Waals surface area contributed by atoms with Gasteiger partial charge in [-0.05, 0) is 26.2 Å². The fourth-order valence-corrected chi connectivity index (χ4v) is 1.80. The van der Waals surface area contributed by atoms with Gasteiger partial charge in [-0.3, -0.25) is 4.79 Å². The van der Waals surface area contributed by atoms with Crippen LogP contribution in [0.4, 0.5) is 4.79 Å². The summed E-state index contributed by atoms with van der Waals surface area (Å²) in [5.74, 6) is 0.0560. The van der Waals surface area contributed by atoms with E-state index >= 15 is 0 Å². The third-order valence-corrected chi connectivity index (χ3v) is 2.57. The van der Waals surface area contributed by atoms with E-state index < -0.39 is 12.1 Å². The Kier molecular flexibility index (Phi) is 7.35. The highest BCUT2D eigenvalue weighted by molar-refractivity contribution is 5.86. The number of hydrogen-bond donors (Lipinski definition) is 3. The number of rotatable bonds is 7. The summed E-state index contributed by atoms with van der Waals surface area (Å²) >= 11 is 0. The van der Waals surface area contributed by atoms with Crippen molar-refractivity contribution in [2.75, 3.05) is 13.2 Å². The molecule has 18 heavy (non-hydrogen) atoms. The minimum Gasteiger partial charge on any atom is -0.395 e. The fourth-order valence-electron chi connectivity index (χ4n) is 1.80. The van der Waals surface area contributed by atoms with Crippen LogP contribution in [0.25, 0.3) is 0 Å². The van der Waals surface area contributed by atoms with Crippen LogP contribution >= 0.6 is 0 Å². The molecule has 6 nitrogen and oxygen atoms in total. The summed E-state index contributed by atoms with van der Waals surface area (Å²) in [4.78, 5) is 24.8. The summed E-state index contributed by atoms with van der Waals surface area (Å²) in [5.41, 5.74) is 5.09. The molecule has 0 spiro atoms. The van der Waals surface area contributed by atoms with E-state index in [9.17, 15) is 9.59 Å². The first kappa shape index (κ1) is 16.7. The molecule has 1 unspecified atom stereocenters. The Morgan fingerprint density at radius 1 is 1.28 bits per heavy atom. The van der Waals surface area contributed by atoms with Gasteiger partial charge in [-0.1, -0.05) is 13.8 Å². The van der Waals surface area contributed by atoms with Crippen molar-refractivity contribution in [1.29, 1.82) is 0 Å². The van der Waals surface area contributed by atoms with E-state index in [0.717, 1.165) is 0 Å². The van der Waals surface area contributed by atoms with Gasteiger partial charge in [-0.25, -0.2) is 4.79 Å². The van der Waals surface area contributed by atoms with Crippen molar-refractivity contribution in [3.05, 3.63) is 0 Å². The van der Waals surface area contributed by atoms with E-state index in [1.54, 1.807) is 4.90 Å². The molecule has 0 aliphatic rings. The average Bonchev–Trinajstić information content (AvgIpc) is 2.22. The summed E-state index contributed by atoms with van der Waals surface area (Å²) in [7, 11) is 0. The monoisotopic (exact) mass is 259 g/mol. The van der Waals surface area contributed by atoms with Gasteiger partial charge in [0.2, 0.25) is 5.91 Å². The Morgan fingerprint density at radius 2 is 1.83 bits per heavy atom. The van der Waals surface area contributed by atoms with Crippen LogP contribution in [0.5, 0.6) is 0 Å². The van der Waals surface area contributed by atoms with Crippen molar-refractivity contribution in [3.63, 3.8) is 0 Å². The van der Waals surface area contributed by atoms with Crippen LogP contribution in [0.3, 0.4) is 0 Å². The number of nitrogens with two attached hydrogens (primary N) is 1. The average molecular weight is 259 g/mol. The number of aliphatic hydroxyl groups excluding tert-OH is 1. The zero-order chi connectivity index (χ0) is 14.3. The zero-order valence-electron chi connectivity index (χ0n) is 11.6. The predicted octanol–water partition coefficient (Wildman–Crippen LogP) is 0.299. The van der Waals surface area contributed by atoms with Crippen molar-refractivity contribution in [2.45, 2.75) is 46.2 Å². The van der Waals surface area contributed by atoms with E-state index in [2.05, 4.69) is 5.32 Å². The number of urea groups is 1. The minimum atomic E-state index is -0.707. The van der Waals surface area contributed by atoms with E-state index in [4.69, 9.17) is 10.8 Å². The molecule has 0 aliphatic carbocycles. The molecule has 0 saturated heterocycles. The first-order chi connectivity index (χ1) is 8.29. The molecular formula is C12H25N3O3. The van der Waals surface area contributed by atoms with Gasteiger partial charge in [-0.15, -0.1) is 0 Å². The number of carbonyl (C=O) groups is 2. The van der Waals surface area contributed by atoms with Gasteiger partial charge < -0.3 is 21.1 Å². The highest BCUT2D eigenvalue weighted by Gasteiger charge is 2.27. The van der Waals surface area contributed by atoms with Crippen molar-refractivity contribution in [3.8, 4) is 0 Å². The molecule has 0 aromatic heterocycles. The predicted molar refractivity (Wildman–Crippen MR) is 69.9 cm³/mol. The summed E-state index contributed by atoms with van der Waals surface area (Å²) < 4.78 is 0.